The van der Waals surface area contributed by atoms with Gasteiger partial charge in [-0.2, -0.15) is 4.31 Å². The summed E-state index contributed by atoms with van der Waals surface area (Å²) in [7, 11) is -3.19. The third kappa shape index (κ3) is 4.09. The van der Waals surface area contributed by atoms with Crippen molar-refractivity contribution in [1.82, 2.24) is 9.21 Å². The monoisotopic (exact) mass is 331 g/mol. The second kappa shape index (κ2) is 6.21. The number of nitrogens with one attached hydrogen (secondary N) is 1. The van der Waals surface area contributed by atoms with E-state index in [1.54, 1.807) is 17.0 Å². The van der Waals surface area contributed by atoms with Gasteiger partial charge in [-0.05, 0) is 24.6 Å². The van der Waals surface area contributed by atoms with E-state index in [1.165, 1.54) is 10.6 Å². The predicted octanol–water partition coefficient (Wildman–Crippen LogP) is 1.76. The van der Waals surface area contributed by atoms with Crippen molar-refractivity contribution < 1.29 is 13.2 Å². The minimum absolute atomic E-state index is 0.242. The molecule has 1 aliphatic heterocycles. The molecule has 8 heteroatoms. The number of nitrogens with zero attached hydrogens (tertiary/aromatic N) is 2. The third-order valence-electron chi connectivity index (χ3n) is 3.44. The van der Waals surface area contributed by atoms with Gasteiger partial charge in [0.1, 0.15) is 0 Å². The Bertz CT molecular complexity index is 640. The number of amides is 2. The second-order valence-electron chi connectivity index (χ2n) is 5.04. The lowest BCUT2D eigenvalue weighted by Crippen LogP contribution is -2.51. The number of anilines is 1. The molecule has 1 saturated heterocycles. The first kappa shape index (κ1) is 16.1. The quantitative estimate of drug-likeness (QED) is 0.897. The van der Waals surface area contributed by atoms with Crippen molar-refractivity contribution in [2.24, 2.45) is 0 Å². The van der Waals surface area contributed by atoms with Gasteiger partial charge in [0, 0.05) is 36.9 Å². The fourth-order valence-electron chi connectivity index (χ4n) is 2.15. The Balaban J connectivity index is 1.98. The summed E-state index contributed by atoms with van der Waals surface area (Å²) >= 11 is 5.92. The molecule has 2 rings (SSSR count). The largest absolute Gasteiger partial charge is 0.322 e. The molecule has 0 aliphatic carbocycles. The van der Waals surface area contributed by atoms with Gasteiger partial charge in [-0.25, -0.2) is 13.2 Å². The van der Waals surface area contributed by atoms with Crippen molar-refractivity contribution in [1.29, 1.82) is 0 Å². The van der Waals surface area contributed by atoms with Gasteiger partial charge in [0.2, 0.25) is 10.0 Å². The number of piperazine rings is 1. The van der Waals surface area contributed by atoms with Crippen LogP contribution in [0.2, 0.25) is 5.02 Å². The van der Waals surface area contributed by atoms with Crippen LogP contribution in [0.25, 0.3) is 0 Å². The lowest BCUT2D eigenvalue weighted by Gasteiger charge is -2.33. The first-order chi connectivity index (χ1) is 9.77. The van der Waals surface area contributed by atoms with Crippen molar-refractivity contribution in [3.8, 4) is 0 Å². The molecular formula is C13H18ClN3O3S. The Hall–Kier alpha value is -1.31. The number of benzene rings is 1. The van der Waals surface area contributed by atoms with Crippen LogP contribution in [-0.4, -0.2) is 56.1 Å². The first-order valence-electron chi connectivity index (χ1n) is 6.54. The Morgan fingerprint density at radius 3 is 2.43 bits per heavy atom. The summed E-state index contributed by atoms with van der Waals surface area (Å²) in [6, 6.07) is 5.05. The van der Waals surface area contributed by atoms with Gasteiger partial charge in [-0.15, -0.1) is 0 Å². The highest BCUT2D eigenvalue weighted by Gasteiger charge is 2.26. The minimum Gasteiger partial charge on any atom is -0.322 e. The normalized spacial score (nSPS) is 16.8. The van der Waals surface area contributed by atoms with E-state index < -0.39 is 10.0 Å². The topological polar surface area (TPSA) is 69.7 Å². The highest BCUT2D eigenvalue weighted by Crippen LogP contribution is 2.20. The van der Waals surface area contributed by atoms with E-state index in [0.29, 0.717) is 36.9 Å². The minimum atomic E-state index is -3.19. The summed E-state index contributed by atoms with van der Waals surface area (Å²) in [6.45, 7) is 3.27. The molecule has 0 radical (unpaired) electrons. The summed E-state index contributed by atoms with van der Waals surface area (Å²) < 4.78 is 24.2. The van der Waals surface area contributed by atoms with E-state index in [9.17, 15) is 13.2 Å². The van der Waals surface area contributed by atoms with Crippen LogP contribution in [0.5, 0.6) is 0 Å². The lowest BCUT2D eigenvalue weighted by molar-refractivity contribution is 0.184. The molecule has 1 aliphatic rings. The summed E-state index contributed by atoms with van der Waals surface area (Å²) in [5.41, 5.74) is 1.58. The molecular weight excluding hydrogens is 314 g/mol. The fourth-order valence-corrected chi connectivity index (χ4v) is 3.14. The van der Waals surface area contributed by atoms with Crippen LogP contribution in [0.15, 0.2) is 18.2 Å². The van der Waals surface area contributed by atoms with Gasteiger partial charge < -0.3 is 10.2 Å². The van der Waals surface area contributed by atoms with Crippen molar-refractivity contribution in [2.75, 3.05) is 37.8 Å². The van der Waals surface area contributed by atoms with E-state index >= 15 is 0 Å². The molecule has 1 fully saturated rings. The molecule has 0 aromatic heterocycles. The summed E-state index contributed by atoms with van der Waals surface area (Å²) in [5.74, 6) is 0. The van der Waals surface area contributed by atoms with Gasteiger partial charge in [-0.1, -0.05) is 17.7 Å². The molecule has 6 nitrogen and oxygen atoms in total. The van der Waals surface area contributed by atoms with Crippen molar-refractivity contribution in [2.45, 2.75) is 6.92 Å². The number of aryl methyl sites for hydroxylation is 1. The Morgan fingerprint density at radius 1 is 1.24 bits per heavy atom. The van der Waals surface area contributed by atoms with Gasteiger partial charge in [-0.3, -0.25) is 0 Å². The number of carbonyl (C=O) groups is 1. The number of rotatable bonds is 2. The zero-order valence-corrected chi connectivity index (χ0v) is 13.5. The maximum Gasteiger partial charge on any atom is 0.321 e. The number of carbonyl (C=O) groups excluding carboxylic acids is 1. The van der Waals surface area contributed by atoms with Crippen LogP contribution in [0.4, 0.5) is 10.5 Å². The molecule has 2 amide bonds. The van der Waals surface area contributed by atoms with E-state index in [0.717, 1.165) is 5.56 Å². The lowest BCUT2D eigenvalue weighted by atomic mass is 10.2. The van der Waals surface area contributed by atoms with Crippen LogP contribution in [-0.2, 0) is 10.0 Å². The standard InChI is InChI=1S/C13H18ClN3O3S/c1-10-3-4-11(14)9-12(10)15-13(18)16-5-7-17(8-6-16)21(2,19)20/h3-4,9H,5-8H2,1-2H3,(H,15,18). The summed E-state index contributed by atoms with van der Waals surface area (Å²) in [4.78, 5) is 13.8. The maximum atomic E-state index is 12.2. The SMILES string of the molecule is Cc1ccc(Cl)cc1NC(=O)N1CCN(S(C)(=O)=O)CC1. The molecule has 1 heterocycles. The third-order valence-corrected chi connectivity index (χ3v) is 4.97. The van der Waals surface area contributed by atoms with Gasteiger partial charge in [0.25, 0.3) is 0 Å². The average molecular weight is 332 g/mol. The Kier molecular flexibility index (Phi) is 4.75. The fraction of sp³-hybridized carbons (Fsp3) is 0.462. The van der Waals surface area contributed by atoms with E-state index in [4.69, 9.17) is 11.6 Å². The molecule has 0 unspecified atom stereocenters. The predicted molar refractivity (Wildman–Crippen MR) is 83.2 cm³/mol. The summed E-state index contributed by atoms with van der Waals surface area (Å²) in [6.07, 6.45) is 1.18. The van der Waals surface area contributed by atoms with Gasteiger partial charge in [0.05, 0.1) is 6.26 Å². The Morgan fingerprint density at radius 2 is 1.86 bits per heavy atom. The van der Waals surface area contributed by atoms with Crippen LogP contribution in [0.1, 0.15) is 5.56 Å². The highest BCUT2D eigenvalue weighted by atomic mass is 35.5. The number of halogens is 1. The average Bonchev–Trinajstić information content (AvgIpc) is 2.42. The highest BCUT2D eigenvalue weighted by molar-refractivity contribution is 7.88. The molecule has 1 aromatic rings. The molecule has 0 spiro atoms. The first-order valence-corrected chi connectivity index (χ1v) is 8.77. The van der Waals surface area contributed by atoms with Crippen molar-refractivity contribution in [3.63, 3.8) is 0 Å². The molecule has 1 N–H and O–H groups in total. The van der Waals surface area contributed by atoms with Crippen LogP contribution >= 0.6 is 11.6 Å². The molecule has 0 bridgehead atoms. The smallest absolute Gasteiger partial charge is 0.321 e. The van der Waals surface area contributed by atoms with Gasteiger partial charge >= 0.3 is 6.03 Å². The zero-order valence-electron chi connectivity index (χ0n) is 12.0. The van der Waals surface area contributed by atoms with Crippen molar-refractivity contribution in [3.05, 3.63) is 28.8 Å². The summed E-state index contributed by atoms with van der Waals surface area (Å²) in [5, 5.41) is 3.36. The number of urea groups is 1. The molecule has 0 atom stereocenters. The molecule has 0 saturated carbocycles. The molecule has 116 valence electrons. The number of sulfonamides is 1. The molecule has 21 heavy (non-hydrogen) atoms. The van der Waals surface area contributed by atoms with Crippen molar-refractivity contribution >= 4 is 33.3 Å². The van der Waals surface area contributed by atoms with Gasteiger partial charge in [0.15, 0.2) is 0 Å². The van der Waals surface area contributed by atoms with E-state index in [1.807, 2.05) is 13.0 Å². The van der Waals surface area contributed by atoms with E-state index in [-0.39, 0.29) is 6.03 Å². The second-order valence-corrected chi connectivity index (χ2v) is 7.46. The van der Waals surface area contributed by atoms with Crippen LogP contribution in [0, 0.1) is 6.92 Å². The van der Waals surface area contributed by atoms with E-state index in [2.05, 4.69) is 5.32 Å². The van der Waals surface area contributed by atoms with Crippen LogP contribution < -0.4 is 5.32 Å². The Labute approximate surface area is 129 Å². The number of hydrogen-bond donors (Lipinski definition) is 1. The van der Waals surface area contributed by atoms with Crippen LogP contribution in [0.3, 0.4) is 0 Å². The number of hydrogen-bond acceptors (Lipinski definition) is 3. The zero-order chi connectivity index (χ0) is 15.6. The molecule has 1 aromatic carbocycles. The maximum absolute atomic E-state index is 12.2.